The lowest BCUT2D eigenvalue weighted by atomic mass is 10.3. The van der Waals surface area contributed by atoms with Crippen molar-refractivity contribution in [3.63, 3.8) is 0 Å². The van der Waals surface area contributed by atoms with Gasteiger partial charge in [-0.15, -0.1) is 0 Å². The number of fused-ring (bicyclic) bond motifs is 1. The Bertz CT molecular complexity index is 434. The molecule has 2 nitrogen and oxygen atoms in total. The molecule has 2 rings (SSSR count). The number of thiazole rings is 1. The van der Waals surface area contributed by atoms with E-state index in [1.54, 1.807) is 11.3 Å². The summed E-state index contributed by atoms with van der Waals surface area (Å²) >= 11 is 3.73. The zero-order valence-electron chi connectivity index (χ0n) is 10.3. The predicted octanol–water partition coefficient (Wildman–Crippen LogP) is 4.24. The van der Waals surface area contributed by atoms with Crippen molar-refractivity contribution in [2.75, 3.05) is 16.8 Å². The molecule has 0 saturated carbocycles. The van der Waals surface area contributed by atoms with Gasteiger partial charge in [0.25, 0.3) is 0 Å². The largest absolute Gasteiger partial charge is 0.359 e. The average molecular weight is 266 g/mol. The first-order valence-electron chi connectivity index (χ1n) is 5.99. The zero-order valence-corrected chi connectivity index (χ0v) is 11.9. The van der Waals surface area contributed by atoms with Crippen LogP contribution in [0, 0.1) is 0 Å². The van der Waals surface area contributed by atoms with E-state index in [2.05, 4.69) is 42.3 Å². The predicted molar refractivity (Wildman–Crippen MR) is 80.3 cm³/mol. The first-order valence-corrected chi connectivity index (χ1v) is 7.96. The van der Waals surface area contributed by atoms with Crippen molar-refractivity contribution in [1.82, 2.24) is 4.98 Å². The van der Waals surface area contributed by atoms with Gasteiger partial charge in [0.15, 0.2) is 5.13 Å². The Morgan fingerprint density at radius 3 is 3.00 bits per heavy atom. The molecule has 0 aliphatic rings. The summed E-state index contributed by atoms with van der Waals surface area (Å²) in [6.07, 6.45) is 1.19. The number of benzene rings is 1. The van der Waals surface area contributed by atoms with Crippen molar-refractivity contribution in [2.45, 2.75) is 26.3 Å². The molecule has 1 aromatic carbocycles. The highest BCUT2D eigenvalue weighted by Gasteiger charge is 2.06. The fourth-order valence-corrected chi connectivity index (χ4v) is 3.41. The summed E-state index contributed by atoms with van der Waals surface area (Å²) in [5.74, 6) is 2.42. The van der Waals surface area contributed by atoms with Crippen LogP contribution in [0.1, 0.15) is 20.3 Å². The van der Waals surface area contributed by atoms with E-state index < -0.39 is 0 Å². The molecule has 1 atom stereocenters. The first kappa shape index (κ1) is 12.7. The number of nitrogens with zero attached hydrogens (tertiary/aromatic N) is 1. The van der Waals surface area contributed by atoms with Crippen LogP contribution in [0.3, 0.4) is 0 Å². The highest BCUT2D eigenvalue weighted by molar-refractivity contribution is 7.99. The van der Waals surface area contributed by atoms with E-state index in [1.165, 1.54) is 22.6 Å². The number of anilines is 1. The van der Waals surface area contributed by atoms with Gasteiger partial charge in [-0.1, -0.05) is 30.4 Å². The summed E-state index contributed by atoms with van der Waals surface area (Å²) in [7, 11) is 0. The fraction of sp³-hybridized carbons (Fsp3) is 0.462. The molecule has 0 radical (unpaired) electrons. The van der Waals surface area contributed by atoms with Crippen molar-refractivity contribution in [3.8, 4) is 0 Å². The monoisotopic (exact) mass is 266 g/mol. The molecule has 0 spiro atoms. The molecule has 0 aliphatic carbocycles. The Kier molecular flexibility index (Phi) is 4.68. The molecular weight excluding hydrogens is 248 g/mol. The number of aromatic nitrogens is 1. The van der Waals surface area contributed by atoms with Crippen LogP contribution < -0.4 is 5.32 Å². The molecular formula is C13H18N2S2. The Morgan fingerprint density at radius 1 is 1.41 bits per heavy atom. The van der Waals surface area contributed by atoms with Crippen molar-refractivity contribution in [1.29, 1.82) is 0 Å². The van der Waals surface area contributed by atoms with Gasteiger partial charge in [0, 0.05) is 6.04 Å². The summed E-state index contributed by atoms with van der Waals surface area (Å²) in [6.45, 7) is 4.43. The maximum Gasteiger partial charge on any atom is 0.183 e. The molecule has 1 aromatic heterocycles. The van der Waals surface area contributed by atoms with Crippen molar-refractivity contribution < 1.29 is 0 Å². The third-order valence-electron chi connectivity index (χ3n) is 2.56. The van der Waals surface area contributed by atoms with Gasteiger partial charge >= 0.3 is 0 Å². The third kappa shape index (κ3) is 3.61. The van der Waals surface area contributed by atoms with Gasteiger partial charge in [-0.25, -0.2) is 4.98 Å². The highest BCUT2D eigenvalue weighted by atomic mass is 32.2. The molecule has 0 saturated heterocycles. The van der Waals surface area contributed by atoms with Gasteiger partial charge in [-0.3, -0.25) is 0 Å². The van der Waals surface area contributed by atoms with E-state index in [1.807, 2.05) is 17.8 Å². The van der Waals surface area contributed by atoms with E-state index in [-0.39, 0.29) is 0 Å². The van der Waals surface area contributed by atoms with Crippen LogP contribution in [0.2, 0.25) is 0 Å². The second kappa shape index (κ2) is 6.26. The number of thioether (sulfide) groups is 1. The van der Waals surface area contributed by atoms with E-state index >= 15 is 0 Å². The summed E-state index contributed by atoms with van der Waals surface area (Å²) in [5, 5.41) is 4.53. The SMILES string of the molecule is CCSCCC(C)Nc1nc2ccccc2s1. The van der Waals surface area contributed by atoms with Crippen LogP contribution >= 0.6 is 23.1 Å². The lowest BCUT2D eigenvalue weighted by molar-refractivity contribution is 0.771. The Hall–Kier alpha value is -0.740. The van der Waals surface area contributed by atoms with Gasteiger partial charge < -0.3 is 5.32 Å². The minimum Gasteiger partial charge on any atom is -0.359 e. The van der Waals surface area contributed by atoms with E-state index in [0.29, 0.717) is 6.04 Å². The number of hydrogen-bond donors (Lipinski definition) is 1. The van der Waals surface area contributed by atoms with Crippen LogP contribution in [0.15, 0.2) is 24.3 Å². The number of hydrogen-bond acceptors (Lipinski definition) is 4. The summed E-state index contributed by atoms with van der Waals surface area (Å²) in [6, 6.07) is 8.78. The highest BCUT2D eigenvalue weighted by Crippen LogP contribution is 2.26. The quantitative estimate of drug-likeness (QED) is 0.792. The summed E-state index contributed by atoms with van der Waals surface area (Å²) < 4.78 is 1.25. The van der Waals surface area contributed by atoms with Crippen LogP contribution in [0.25, 0.3) is 10.2 Å². The van der Waals surface area contributed by atoms with Crippen LogP contribution in [-0.2, 0) is 0 Å². The normalized spacial score (nSPS) is 12.8. The van der Waals surface area contributed by atoms with Crippen LogP contribution in [0.4, 0.5) is 5.13 Å². The number of nitrogens with one attached hydrogen (secondary N) is 1. The van der Waals surface area contributed by atoms with E-state index in [4.69, 9.17) is 0 Å². The van der Waals surface area contributed by atoms with E-state index in [9.17, 15) is 0 Å². The van der Waals surface area contributed by atoms with Crippen molar-refractivity contribution in [2.24, 2.45) is 0 Å². The number of rotatable bonds is 6. The second-order valence-electron chi connectivity index (χ2n) is 4.02. The van der Waals surface area contributed by atoms with E-state index in [0.717, 1.165) is 10.6 Å². The molecule has 17 heavy (non-hydrogen) atoms. The Morgan fingerprint density at radius 2 is 2.24 bits per heavy atom. The van der Waals surface area contributed by atoms with Crippen LogP contribution in [-0.4, -0.2) is 22.5 Å². The standard InChI is InChI=1S/C13H18N2S2/c1-3-16-9-8-10(2)14-13-15-11-6-4-5-7-12(11)17-13/h4-7,10H,3,8-9H2,1-2H3,(H,14,15). The molecule has 1 unspecified atom stereocenters. The number of para-hydroxylation sites is 1. The molecule has 0 bridgehead atoms. The maximum atomic E-state index is 4.58. The molecule has 0 amide bonds. The van der Waals surface area contributed by atoms with Crippen molar-refractivity contribution >= 4 is 38.4 Å². The van der Waals surface area contributed by atoms with Gasteiger partial charge in [0.05, 0.1) is 10.2 Å². The van der Waals surface area contributed by atoms with Gasteiger partial charge in [-0.2, -0.15) is 11.8 Å². The topological polar surface area (TPSA) is 24.9 Å². The maximum absolute atomic E-state index is 4.58. The molecule has 92 valence electrons. The molecule has 0 fully saturated rings. The van der Waals surface area contributed by atoms with Crippen molar-refractivity contribution in [3.05, 3.63) is 24.3 Å². The average Bonchev–Trinajstić information content (AvgIpc) is 2.71. The smallest absolute Gasteiger partial charge is 0.183 e. The molecule has 1 heterocycles. The second-order valence-corrected chi connectivity index (χ2v) is 6.44. The molecule has 0 aliphatic heterocycles. The summed E-state index contributed by atoms with van der Waals surface area (Å²) in [4.78, 5) is 4.58. The van der Waals surface area contributed by atoms with Crippen LogP contribution in [0.5, 0.6) is 0 Å². The lowest BCUT2D eigenvalue weighted by Crippen LogP contribution is -2.15. The lowest BCUT2D eigenvalue weighted by Gasteiger charge is -2.11. The van der Waals surface area contributed by atoms with Gasteiger partial charge in [-0.05, 0) is 37.0 Å². The molecule has 2 aromatic rings. The summed E-state index contributed by atoms with van der Waals surface area (Å²) in [5.41, 5.74) is 1.09. The molecule has 4 heteroatoms. The minimum absolute atomic E-state index is 0.495. The molecule has 1 N–H and O–H groups in total. The van der Waals surface area contributed by atoms with Gasteiger partial charge in [0.2, 0.25) is 0 Å². The zero-order chi connectivity index (χ0) is 12.1. The fourth-order valence-electron chi connectivity index (χ4n) is 1.62. The Balaban J connectivity index is 1.93. The Labute approximate surface area is 111 Å². The minimum atomic E-state index is 0.495. The third-order valence-corrected chi connectivity index (χ3v) is 4.46. The first-order chi connectivity index (χ1) is 8.29. The van der Waals surface area contributed by atoms with Gasteiger partial charge in [0.1, 0.15) is 0 Å².